The predicted molar refractivity (Wildman–Crippen MR) is 233 cm³/mol. The Morgan fingerprint density at radius 3 is 0.891 bits per heavy atom. The van der Waals surface area contributed by atoms with Gasteiger partial charge in [0.15, 0.2) is 0 Å². The fourth-order valence-corrected chi connectivity index (χ4v) is 7.24. The topological polar surface area (TPSA) is 133 Å². The van der Waals surface area contributed by atoms with E-state index in [-0.39, 0.29) is 62.8 Å². The molecule has 8 nitrogen and oxygen atoms in total. The summed E-state index contributed by atoms with van der Waals surface area (Å²) in [6.45, 7) is 8.85. The first-order chi connectivity index (χ1) is 26.0. The summed E-state index contributed by atoms with van der Waals surface area (Å²) in [5.41, 5.74) is 0. The van der Waals surface area contributed by atoms with Crippen molar-refractivity contribution in [3.63, 3.8) is 0 Å². The molecule has 0 amide bonds. The van der Waals surface area contributed by atoms with Crippen molar-refractivity contribution >= 4 is 58.5 Å². The van der Waals surface area contributed by atoms with Gasteiger partial charge < -0.3 is 9.11 Å². The van der Waals surface area contributed by atoms with Gasteiger partial charge in [0.2, 0.25) is 20.8 Å². The first kappa shape index (κ1) is 59.8. The van der Waals surface area contributed by atoms with Crippen molar-refractivity contribution in [3.05, 3.63) is 24.3 Å². The Bertz CT molecular complexity index is 952. The van der Waals surface area contributed by atoms with Crippen molar-refractivity contribution in [1.82, 2.24) is 0 Å². The van der Waals surface area contributed by atoms with Crippen molar-refractivity contribution in [3.8, 4) is 0 Å². The molecule has 0 aliphatic carbocycles. The maximum atomic E-state index is 10.7. The third kappa shape index (κ3) is 54.5. The molecular formula is C44H86CaO8S2. The molecular weight excluding hydrogens is 761 g/mol. The summed E-state index contributed by atoms with van der Waals surface area (Å²) in [7, 11) is -9.20. The van der Waals surface area contributed by atoms with Crippen LogP contribution in [0.15, 0.2) is 24.3 Å². The molecule has 0 saturated carbocycles. The average Bonchev–Trinajstić information content (AvgIpc) is 3.12. The SMILES string of the molecule is CCCCCCCCCC/C=C/C(CCCCCCCC)COS(=O)(=O)[O-].CCCCCCCCCC/C=C/C(CCCCCCCC)COS(=O)(=O)[O-].[Ca+2]. The minimum Gasteiger partial charge on any atom is -0.726 e. The normalized spacial score (nSPS) is 13.2. The van der Waals surface area contributed by atoms with Gasteiger partial charge in [0.05, 0.1) is 13.2 Å². The van der Waals surface area contributed by atoms with Crippen molar-refractivity contribution in [1.29, 1.82) is 0 Å². The molecule has 0 aromatic heterocycles. The zero-order valence-corrected chi connectivity index (χ0v) is 40.1. The third-order valence-corrected chi connectivity index (χ3v) is 10.8. The van der Waals surface area contributed by atoms with E-state index in [9.17, 15) is 25.9 Å². The van der Waals surface area contributed by atoms with Gasteiger partial charge in [0, 0.05) is 11.8 Å². The molecule has 0 rings (SSSR count). The van der Waals surface area contributed by atoms with Crippen LogP contribution in [0.4, 0.5) is 0 Å². The van der Waals surface area contributed by atoms with Gasteiger partial charge in [0.1, 0.15) is 0 Å². The van der Waals surface area contributed by atoms with Crippen LogP contribution in [0, 0.1) is 11.8 Å². The van der Waals surface area contributed by atoms with Gasteiger partial charge in [0.25, 0.3) is 0 Å². The smallest absolute Gasteiger partial charge is 0.726 e. The quantitative estimate of drug-likeness (QED) is 0.0196. The summed E-state index contributed by atoms with van der Waals surface area (Å²) < 4.78 is 73.3. The minimum atomic E-state index is -4.60. The Morgan fingerprint density at radius 1 is 0.400 bits per heavy atom. The van der Waals surface area contributed by atoms with Gasteiger partial charge in [-0.25, -0.2) is 16.8 Å². The Labute approximate surface area is 372 Å². The fourth-order valence-electron chi connectivity index (χ4n) is 6.55. The van der Waals surface area contributed by atoms with E-state index in [1.54, 1.807) is 0 Å². The second-order valence-electron chi connectivity index (χ2n) is 15.4. The van der Waals surface area contributed by atoms with Gasteiger partial charge in [-0.2, -0.15) is 0 Å². The number of hydrogen-bond acceptors (Lipinski definition) is 8. The maximum Gasteiger partial charge on any atom is 2.00 e. The molecule has 55 heavy (non-hydrogen) atoms. The Kier molecular flexibility index (Phi) is 49.5. The van der Waals surface area contributed by atoms with E-state index >= 15 is 0 Å². The summed E-state index contributed by atoms with van der Waals surface area (Å²) in [5.74, 6) is 0.0443. The average molecular weight is 847 g/mol. The monoisotopic (exact) mass is 847 g/mol. The van der Waals surface area contributed by atoms with Crippen LogP contribution in [0.3, 0.4) is 0 Å². The second kappa shape index (κ2) is 45.6. The van der Waals surface area contributed by atoms with Crippen molar-refractivity contribution < 1.29 is 34.3 Å². The molecule has 0 aromatic rings. The zero-order valence-electron chi connectivity index (χ0n) is 36.3. The molecule has 0 N–H and O–H groups in total. The molecule has 0 bridgehead atoms. The van der Waals surface area contributed by atoms with Crippen LogP contribution in [-0.4, -0.2) is 76.9 Å². The molecule has 0 aliphatic heterocycles. The molecule has 0 aliphatic rings. The van der Waals surface area contributed by atoms with Gasteiger partial charge in [-0.05, 0) is 38.5 Å². The second-order valence-corrected chi connectivity index (χ2v) is 17.5. The van der Waals surface area contributed by atoms with Crippen LogP contribution in [-0.2, 0) is 29.2 Å². The van der Waals surface area contributed by atoms with Crippen LogP contribution >= 0.6 is 0 Å². The Hall–Kier alpha value is 0.480. The van der Waals surface area contributed by atoms with Crippen molar-refractivity contribution in [2.75, 3.05) is 13.2 Å². The Morgan fingerprint density at radius 2 is 0.636 bits per heavy atom. The number of rotatable bonds is 40. The van der Waals surface area contributed by atoms with E-state index in [0.29, 0.717) is 0 Å². The number of allylic oxidation sites excluding steroid dienone is 2. The molecule has 0 saturated heterocycles. The van der Waals surface area contributed by atoms with Crippen LogP contribution < -0.4 is 0 Å². The molecule has 0 radical (unpaired) electrons. The van der Waals surface area contributed by atoms with E-state index < -0.39 is 20.8 Å². The molecule has 2 atom stereocenters. The molecule has 0 heterocycles. The van der Waals surface area contributed by atoms with E-state index in [4.69, 9.17) is 0 Å². The third-order valence-electron chi connectivity index (χ3n) is 9.98. The van der Waals surface area contributed by atoms with Gasteiger partial charge in [-0.1, -0.05) is 219 Å². The molecule has 0 fully saturated rings. The predicted octanol–water partition coefficient (Wildman–Crippen LogP) is 13.5. The van der Waals surface area contributed by atoms with E-state index in [1.165, 1.54) is 154 Å². The standard InChI is InChI=1S/2C22H44O4S.Ca/c2*1-3-5-7-9-11-12-13-14-16-18-20-22(21-26-27(23,24)25)19-17-15-10-8-6-4-2;/h2*18,20,22H,3-17,19,21H2,1-2H3,(H,23,24,25);/q;;+2/p-2/b2*20-18+;. The molecule has 2 unspecified atom stereocenters. The van der Waals surface area contributed by atoms with Crippen LogP contribution in [0.1, 0.15) is 233 Å². The molecule has 11 heteroatoms. The van der Waals surface area contributed by atoms with Crippen molar-refractivity contribution in [2.45, 2.75) is 233 Å². The fraction of sp³-hybridized carbons (Fsp3) is 0.909. The number of hydrogen-bond donors (Lipinski definition) is 0. The van der Waals surface area contributed by atoms with E-state index in [2.05, 4.69) is 60.4 Å². The number of unbranched alkanes of at least 4 members (excludes halogenated alkanes) is 26. The summed E-state index contributed by atoms with van der Waals surface area (Å²) in [4.78, 5) is 0. The summed E-state index contributed by atoms with van der Waals surface area (Å²) in [6, 6.07) is 0. The minimum absolute atomic E-state index is 0. The summed E-state index contributed by atoms with van der Waals surface area (Å²) in [6.07, 6.45) is 47.5. The van der Waals surface area contributed by atoms with E-state index in [0.717, 1.165) is 51.4 Å². The van der Waals surface area contributed by atoms with Gasteiger partial charge in [-0.3, -0.25) is 8.37 Å². The van der Waals surface area contributed by atoms with Crippen LogP contribution in [0.5, 0.6) is 0 Å². The van der Waals surface area contributed by atoms with E-state index in [1.807, 2.05) is 0 Å². The summed E-state index contributed by atoms with van der Waals surface area (Å²) >= 11 is 0. The molecule has 324 valence electrons. The zero-order chi connectivity index (χ0) is 40.4. The van der Waals surface area contributed by atoms with Crippen LogP contribution in [0.25, 0.3) is 0 Å². The summed E-state index contributed by atoms with van der Waals surface area (Å²) in [5, 5.41) is 0. The molecule has 0 spiro atoms. The van der Waals surface area contributed by atoms with Crippen molar-refractivity contribution in [2.24, 2.45) is 11.8 Å². The first-order valence-corrected chi connectivity index (χ1v) is 25.2. The van der Waals surface area contributed by atoms with Gasteiger partial charge >= 0.3 is 37.7 Å². The van der Waals surface area contributed by atoms with Crippen LogP contribution in [0.2, 0.25) is 0 Å². The molecule has 0 aromatic carbocycles. The Balaban J connectivity index is -0.000000966. The van der Waals surface area contributed by atoms with Gasteiger partial charge in [-0.15, -0.1) is 0 Å². The first-order valence-electron chi connectivity index (χ1n) is 22.5. The largest absolute Gasteiger partial charge is 2.00 e. The maximum absolute atomic E-state index is 10.7.